The van der Waals surface area contributed by atoms with Gasteiger partial charge in [-0.1, -0.05) is 35.9 Å². The lowest BCUT2D eigenvalue weighted by Gasteiger charge is -2.23. The molecule has 1 atom stereocenters. The van der Waals surface area contributed by atoms with Gasteiger partial charge in [0.15, 0.2) is 0 Å². The van der Waals surface area contributed by atoms with E-state index >= 15 is 0 Å². The Bertz CT molecular complexity index is 773. The molecule has 0 saturated carbocycles. The van der Waals surface area contributed by atoms with Gasteiger partial charge in [-0.3, -0.25) is 9.59 Å². The standard InChI is InChI=1S/C21H26ClN3O2/c1-15(26)23-20(17-7-9-18(22)10-8-17)13-21(27)25(4)14-16-5-11-19(12-6-16)24(2)3/h5-12,20H,13-14H2,1-4H3,(H,23,26). The second-order valence-electron chi connectivity index (χ2n) is 6.82. The van der Waals surface area contributed by atoms with Gasteiger partial charge in [0, 0.05) is 45.3 Å². The Morgan fingerprint density at radius 2 is 1.59 bits per heavy atom. The predicted octanol–water partition coefficient (Wildman–Crippen LogP) is 3.63. The molecule has 0 fully saturated rings. The van der Waals surface area contributed by atoms with Crippen LogP contribution in [0.1, 0.15) is 30.5 Å². The molecule has 2 aromatic carbocycles. The number of hydrogen-bond donors (Lipinski definition) is 1. The molecule has 0 radical (unpaired) electrons. The molecule has 0 spiro atoms. The van der Waals surface area contributed by atoms with Gasteiger partial charge >= 0.3 is 0 Å². The van der Waals surface area contributed by atoms with Gasteiger partial charge in [-0.2, -0.15) is 0 Å². The number of nitrogens with zero attached hydrogens (tertiary/aromatic N) is 2. The summed E-state index contributed by atoms with van der Waals surface area (Å²) in [4.78, 5) is 28.0. The van der Waals surface area contributed by atoms with Crippen LogP contribution < -0.4 is 10.2 Å². The quantitative estimate of drug-likeness (QED) is 0.789. The van der Waals surface area contributed by atoms with Crippen LogP contribution in [0.25, 0.3) is 0 Å². The maximum Gasteiger partial charge on any atom is 0.225 e. The van der Waals surface area contributed by atoms with Crippen LogP contribution in [0.3, 0.4) is 0 Å². The molecule has 0 aliphatic rings. The summed E-state index contributed by atoms with van der Waals surface area (Å²) in [5, 5.41) is 3.47. The van der Waals surface area contributed by atoms with E-state index < -0.39 is 0 Å². The number of rotatable bonds is 7. The minimum absolute atomic E-state index is 0.0413. The second kappa shape index (κ2) is 9.42. The summed E-state index contributed by atoms with van der Waals surface area (Å²) in [6.07, 6.45) is 0.188. The van der Waals surface area contributed by atoms with E-state index in [2.05, 4.69) is 5.32 Å². The zero-order valence-corrected chi connectivity index (χ0v) is 17.0. The van der Waals surface area contributed by atoms with E-state index in [1.54, 1.807) is 24.1 Å². The maximum absolute atomic E-state index is 12.7. The summed E-state index contributed by atoms with van der Waals surface area (Å²) in [7, 11) is 5.75. The van der Waals surface area contributed by atoms with Crippen LogP contribution in [0, 0.1) is 0 Å². The lowest BCUT2D eigenvalue weighted by molar-refractivity contribution is -0.131. The van der Waals surface area contributed by atoms with Crippen molar-refractivity contribution in [1.29, 1.82) is 0 Å². The van der Waals surface area contributed by atoms with Crippen LogP contribution in [-0.4, -0.2) is 37.9 Å². The summed E-state index contributed by atoms with van der Waals surface area (Å²) in [6.45, 7) is 1.96. The summed E-state index contributed by atoms with van der Waals surface area (Å²) in [5.74, 6) is -0.218. The fourth-order valence-corrected chi connectivity index (χ4v) is 2.91. The molecule has 144 valence electrons. The molecule has 0 heterocycles. The minimum atomic E-state index is -0.383. The molecular formula is C21H26ClN3O2. The average molecular weight is 388 g/mol. The van der Waals surface area contributed by atoms with Gasteiger partial charge in [0.25, 0.3) is 0 Å². The Labute approximate surface area is 165 Å². The van der Waals surface area contributed by atoms with Gasteiger partial charge < -0.3 is 15.1 Å². The average Bonchev–Trinajstić information content (AvgIpc) is 2.61. The van der Waals surface area contributed by atoms with E-state index in [4.69, 9.17) is 11.6 Å². The molecule has 0 aromatic heterocycles. The van der Waals surface area contributed by atoms with Crippen molar-refractivity contribution in [3.63, 3.8) is 0 Å². The SMILES string of the molecule is CC(=O)NC(CC(=O)N(C)Cc1ccc(N(C)C)cc1)c1ccc(Cl)cc1. The number of nitrogens with one attached hydrogen (secondary N) is 1. The van der Waals surface area contributed by atoms with Crippen LogP contribution in [-0.2, 0) is 16.1 Å². The van der Waals surface area contributed by atoms with Crippen molar-refractivity contribution in [1.82, 2.24) is 10.2 Å². The van der Waals surface area contributed by atoms with Crippen LogP contribution >= 0.6 is 11.6 Å². The van der Waals surface area contributed by atoms with E-state index in [0.717, 1.165) is 16.8 Å². The first-order valence-corrected chi connectivity index (χ1v) is 9.17. The first-order valence-electron chi connectivity index (χ1n) is 8.79. The normalized spacial score (nSPS) is 11.6. The van der Waals surface area contributed by atoms with E-state index in [9.17, 15) is 9.59 Å². The van der Waals surface area contributed by atoms with Gasteiger partial charge in [-0.25, -0.2) is 0 Å². The van der Waals surface area contributed by atoms with Crippen molar-refractivity contribution in [3.05, 3.63) is 64.7 Å². The van der Waals surface area contributed by atoms with E-state index in [-0.39, 0.29) is 24.3 Å². The summed E-state index contributed by atoms with van der Waals surface area (Å²) < 4.78 is 0. The third kappa shape index (κ3) is 6.29. The van der Waals surface area contributed by atoms with Crippen molar-refractivity contribution in [2.24, 2.45) is 0 Å². The van der Waals surface area contributed by atoms with Crippen LogP contribution in [0.2, 0.25) is 5.02 Å². The fraction of sp³-hybridized carbons (Fsp3) is 0.333. The molecule has 0 aliphatic heterocycles. The predicted molar refractivity (Wildman–Crippen MR) is 110 cm³/mol. The van der Waals surface area contributed by atoms with Gasteiger partial charge in [0.2, 0.25) is 11.8 Å². The first kappa shape index (κ1) is 20.8. The van der Waals surface area contributed by atoms with Crippen molar-refractivity contribution in [2.45, 2.75) is 25.9 Å². The number of benzene rings is 2. The molecule has 0 saturated heterocycles. The highest BCUT2D eigenvalue weighted by Crippen LogP contribution is 2.21. The number of hydrogen-bond acceptors (Lipinski definition) is 3. The molecule has 2 aromatic rings. The van der Waals surface area contributed by atoms with E-state index in [1.807, 2.05) is 55.4 Å². The van der Waals surface area contributed by atoms with Crippen molar-refractivity contribution >= 4 is 29.1 Å². The topological polar surface area (TPSA) is 52.7 Å². The van der Waals surface area contributed by atoms with Crippen LogP contribution in [0.4, 0.5) is 5.69 Å². The Morgan fingerprint density at radius 3 is 2.11 bits per heavy atom. The molecule has 1 N–H and O–H groups in total. The Morgan fingerprint density at radius 1 is 1.00 bits per heavy atom. The number of amides is 2. The number of anilines is 1. The molecule has 1 unspecified atom stereocenters. The third-order valence-electron chi connectivity index (χ3n) is 4.33. The van der Waals surface area contributed by atoms with E-state index in [0.29, 0.717) is 11.6 Å². The number of halogens is 1. The van der Waals surface area contributed by atoms with Crippen molar-refractivity contribution < 1.29 is 9.59 Å². The minimum Gasteiger partial charge on any atom is -0.378 e. The molecule has 5 nitrogen and oxygen atoms in total. The largest absolute Gasteiger partial charge is 0.378 e. The summed E-state index contributed by atoms with van der Waals surface area (Å²) in [6, 6.07) is 14.9. The molecule has 6 heteroatoms. The molecule has 2 rings (SSSR count). The molecule has 2 amide bonds. The van der Waals surface area contributed by atoms with Gasteiger partial charge in [0.1, 0.15) is 0 Å². The second-order valence-corrected chi connectivity index (χ2v) is 7.26. The van der Waals surface area contributed by atoms with Gasteiger partial charge in [-0.15, -0.1) is 0 Å². The Kier molecular flexibility index (Phi) is 7.25. The molecular weight excluding hydrogens is 362 g/mol. The van der Waals surface area contributed by atoms with Crippen molar-refractivity contribution in [3.8, 4) is 0 Å². The van der Waals surface area contributed by atoms with Gasteiger partial charge in [0.05, 0.1) is 12.5 Å². The molecule has 27 heavy (non-hydrogen) atoms. The zero-order chi connectivity index (χ0) is 20.0. The highest BCUT2D eigenvalue weighted by atomic mass is 35.5. The lowest BCUT2D eigenvalue weighted by atomic mass is 10.0. The van der Waals surface area contributed by atoms with Gasteiger partial charge in [-0.05, 0) is 35.4 Å². The molecule has 0 bridgehead atoms. The Balaban J connectivity index is 2.04. The number of carbonyl (C=O) groups is 2. The van der Waals surface area contributed by atoms with Crippen LogP contribution in [0.15, 0.2) is 48.5 Å². The molecule has 0 aliphatic carbocycles. The first-order chi connectivity index (χ1) is 12.8. The van der Waals surface area contributed by atoms with Crippen LogP contribution in [0.5, 0.6) is 0 Å². The monoisotopic (exact) mass is 387 g/mol. The number of carbonyl (C=O) groups excluding carboxylic acids is 2. The fourth-order valence-electron chi connectivity index (χ4n) is 2.78. The lowest BCUT2D eigenvalue weighted by Crippen LogP contribution is -2.33. The summed E-state index contributed by atoms with van der Waals surface area (Å²) in [5.41, 5.74) is 3.02. The third-order valence-corrected chi connectivity index (χ3v) is 4.58. The Hall–Kier alpha value is -2.53. The van der Waals surface area contributed by atoms with E-state index in [1.165, 1.54) is 6.92 Å². The highest BCUT2D eigenvalue weighted by molar-refractivity contribution is 6.30. The zero-order valence-electron chi connectivity index (χ0n) is 16.2. The highest BCUT2D eigenvalue weighted by Gasteiger charge is 2.19. The van der Waals surface area contributed by atoms with Crippen molar-refractivity contribution in [2.75, 3.05) is 26.0 Å². The smallest absolute Gasteiger partial charge is 0.225 e. The maximum atomic E-state index is 12.7. The summed E-state index contributed by atoms with van der Waals surface area (Å²) >= 11 is 5.93.